The quantitative estimate of drug-likeness (QED) is 0.656. The molecule has 0 unspecified atom stereocenters. The van der Waals surface area contributed by atoms with Gasteiger partial charge in [0.05, 0.1) is 6.42 Å². The molecule has 0 radical (unpaired) electrons. The number of aromatic nitrogens is 2. The molecule has 1 aromatic carbocycles. The van der Waals surface area contributed by atoms with Gasteiger partial charge >= 0.3 is 0 Å². The smallest absolute Gasteiger partial charge is 0.224 e. The third kappa shape index (κ3) is 2.52. The third-order valence-electron chi connectivity index (χ3n) is 3.18. The molecule has 0 bridgehead atoms. The first-order chi connectivity index (χ1) is 9.33. The number of carbonyl (C=O) groups excluding carboxylic acids is 1. The second kappa shape index (κ2) is 5.02. The van der Waals surface area contributed by atoms with Crippen LogP contribution in [-0.2, 0) is 17.8 Å². The second-order valence-electron chi connectivity index (χ2n) is 4.53. The Hall–Kier alpha value is -2.49. The first-order valence-corrected chi connectivity index (χ1v) is 6.26. The van der Waals surface area contributed by atoms with Gasteiger partial charge in [-0.1, -0.05) is 18.2 Å². The maximum absolute atomic E-state index is 11.9. The van der Waals surface area contributed by atoms with Crippen LogP contribution < -0.4 is 5.32 Å². The Balaban J connectivity index is 1.66. The van der Waals surface area contributed by atoms with Crippen molar-refractivity contribution in [2.75, 3.05) is 0 Å². The van der Waals surface area contributed by atoms with Gasteiger partial charge in [-0.2, -0.15) is 0 Å². The maximum Gasteiger partial charge on any atom is 0.224 e. The predicted molar refractivity (Wildman–Crippen MR) is 74.6 cm³/mol. The molecule has 0 fully saturated rings. The Morgan fingerprint density at radius 1 is 1.16 bits per heavy atom. The Morgan fingerprint density at radius 2 is 2.05 bits per heavy atom. The maximum atomic E-state index is 11.9. The van der Waals surface area contributed by atoms with Crippen molar-refractivity contribution in [2.24, 2.45) is 0 Å². The van der Waals surface area contributed by atoms with Crippen molar-refractivity contribution >= 4 is 16.8 Å². The lowest BCUT2D eigenvalue weighted by Crippen LogP contribution is -2.24. The van der Waals surface area contributed by atoms with Gasteiger partial charge in [0.2, 0.25) is 5.91 Å². The van der Waals surface area contributed by atoms with Crippen LogP contribution in [0.15, 0.2) is 48.9 Å². The van der Waals surface area contributed by atoms with Gasteiger partial charge < -0.3 is 15.3 Å². The van der Waals surface area contributed by atoms with Crippen molar-refractivity contribution in [3.63, 3.8) is 0 Å². The van der Waals surface area contributed by atoms with Crippen LogP contribution in [0.2, 0.25) is 0 Å². The van der Waals surface area contributed by atoms with Gasteiger partial charge in [0, 0.05) is 36.0 Å². The average Bonchev–Trinajstić information content (AvgIpc) is 3.07. The fourth-order valence-electron chi connectivity index (χ4n) is 2.18. The van der Waals surface area contributed by atoms with Gasteiger partial charge in [-0.25, -0.2) is 0 Å². The molecule has 2 heterocycles. The van der Waals surface area contributed by atoms with Crippen LogP contribution in [-0.4, -0.2) is 15.9 Å². The van der Waals surface area contributed by atoms with Gasteiger partial charge in [-0.05, 0) is 23.3 Å². The minimum absolute atomic E-state index is 0.0333. The molecule has 0 spiro atoms. The van der Waals surface area contributed by atoms with E-state index in [1.165, 1.54) is 0 Å². The molecule has 4 nitrogen and oxygen atoms in total. The number of hydrogen-bond donors (Lipinski definition) is 3. The van der Waals surface area contributed by atoms with Crippen LogP contribution in [0.1, 0.15) is 11.1 Å². The number of nitrogens with one attached hydrogen (secondary N) is 3. The Bertz CT molecular complexity index is 682. The van der Waals surface area contributed by atoms with E-state index in [0.29, 0.717) is 13.0 Å². The second-order valence-corrected chi connectivity index (χ2v) is 4.53. The Morgan fingerprint density at radius 3 is 2.89 bits per heavy atom. The van der Waals surface area contributed by atoms with Gasteiger partial charge in [0.1, 0.15) is 0 Å². The minimum Gasteiger partial charge on any atom is -0.367 e. The van der Waals surface area contributed by atoms with E-state index >= 15 is 0 Å². The summed E-state index contributed by atoms with van der Waals surface area (Å²) in [5.74, 6) is 0.0333. The summed E-state index contributed by atoms with van der Waals surface area (Å²) in [6, 6.07) is 9.95. The highest BCUT2D eigenvalue weighted by molar-refractivity contribution is 5.88. The van der Waals surface area contributed by atoms with Crippen LogP contribution in [0, 0.1) is 0 Å². The molecule has 0 aliphatic rings. The minimum atomic E-state index is 0.0333. The summed E-state index contributed by atoms with van der Waals surface area (Å²) >= 11 is 0. The molecule has 1 amide bonds. The SMILES string of the molecule is O=C(Cc1c[nH]c2ccccc12)NCc1cc[nH]c1. The van der Waals surface area contributed by atoms with Crippen molar-refractivity contribution in [3.8, 4) is 0 Å². The monoisotopic (exact) mass is 253 g/mol. The number of carbonyl (C=O) groups is 1. The zero-order valence-electron chi connectivity index (χ0n) is 10.4. The summed E-state index contributed by atoms with van der Waals surface area (Å²) in [4.78, 5) is 18.1. The zero-order valence-corrected chi connectivity index (χ0v) is 10.4. The van der Waals surface area contributed by atoms with Crippen LogP contribution in [0.4, 0.5) is 0 Å². The van der Waals surface area contributed by atoms with E-state index in [0.717, 1.165) is 22.0 Å². The van der Waals surface area contributed by atoms with Crippen molar-refractivity contribution < 1.29 is 4.79 Å². The van der Waals surface area contributed by atoms with E-state index in [1.54, 1.807) is 0 Å². The number of H-pyrrole nitrogens is 2. The number of fused-ring (bicyclic) bond motifs is 1. The Kier molecular flexibility index (Phi) is 3.06. The van der Waals surface area contributed by atoms with Gasteiger partial charge in [-0.3, -0.25) is 4.79 Å². The average molecular weight is 253 g/mol. The molecular formula is C15H15N3O. The number of aromatic amines is 2. The number of amides is 1. The van der Waals surface area contributed by atoms with E-state index in [4.69, 9.17) is 0 Å². The summed E-state index contributed by atoms with van der Waals surface area (Å²) < 4.78 is 0. The largest absolute Gasteiger partial charge is 0.367 e. The molecule has 3 N–H and O–H groups in total. The molecule has 2 aromatic heterocycles. The van der Waals surface area contributed by atoms with Gasteiger partial charge in [-0.15, -0.1) is 0 Å². The molecule has 0 aliphatic heterocycles. The number of hydrogen-bond acceptors (Lipinski definition) is 1. The molecule has 0 atom stereocenters. The summed E-state index contributed by atoms with van der Waals surface area (Å²) in [5, 5.41) is 4.03. The fourth-order valence-corrected chi connectivity index (χ4v) is 2.18. The summed E-state index contributed by atoms with van der Waals surface area (Å²) in [6.45, 7) is 0.560. The normalized spacial score (nSPS) is 10.7. The first kappa shape index (κ1) is 11.6. The molecular weight excluding hydrogens is 238 g/mol. The molecule has 3 aromatic rings. The standard InChI is InChI=1S/C15H15N3O/c19-15(18-9-11-5-6-16-8-11)7-12-10-17-14-4-2-1-3-13(12)14/h1-6,8,10,16-17H,7,9H2,(H,18,19). The van der Waals surface area contributed by atoms with Gasteiger partial charge in [0.25, 0.3) is 0 Å². The summed E-state index contributed by atoms with van der Waals surface area (Å²) in [5.41, 5.74) is 3.17. The van der Waals surface area contributed by atoms with Crippen molar-refractivity contribution in [1.29, 1.82) is 0 Å². The molecule has 0 saturated heterocycles. The molecule has 3 rings (SSSR count). The highest BCUT2D eigenvalue weighted by atomic mass is 16.1. The third-order valence-corrected chi connectivity index (χ3v) is 3.18. The fraction of sp³-hybridized carbons (Fsp3) is 0.133. The van der Waals surface area contributed by atoms with E-state index in [1.807, 2.05) is 48.9 Å². The zero-order chi connectivity index (χ0) is 13.1. The lowest BCUT2D eigenvalue weighted by Gasteiger charge is -2.03. The highest BCUT2D eigenvalue weighted by Crippen LogP contribution is 2.17. The van der Waals surface area contributed by atoms with E-state index in [2.05, 4.69) is 15.3 Å². The lowest BCUT2D eigenvalue weighted by molar-refractivity contribution is -0.120. The van der Waals surface area contributed by atoms with Gasteiger partial charge in [0.15, 0.2) is 0 Å². The molecule has 96 valence electrons. The molecule has 0 aliphatic carbocycles. The van der Waals surface area contributed by atoms with Crippen molar-refractivity contribution in [3.05, 3.63) is 60.0 Å². The predicted octanol–water partition coefficient (Wildman–Crippen LogP) is 2.35. The molecule has 0 saturated carbocycles. The topological polar surface area (TPSA) is 60.7 Å². The number of rotatable bonds is 4. The van der Waals surface area contributed by atoms with E-state index < -0.39 is 0 Å². The number of para-hydroxylation sites is 1. The van der Waals surface area contributed by atoms with Crippen LogP contribution in [0.25, 0.3) is 10.9 Å². The Labute approximate surface area is 110 Å². The van der Waals surface area contributed by atoms with E-state index in [-0.39, 0.29) is 5.91 Å². The highest BCUT2D eigenvalue weighted by Gasteiger charge is 2.08. The summed E-state index contributed by atoms with van der Waals surface area (Å²) in [7, 11) is 0. The molecule has 19 heavy (non-hydrogen) atoms. The van der Waals surface area contributed by atoms with Crippen LogP contribution in [0.5, 0.6) is 0 Å². The van der Waals surface area contributed by atoms with E-state index in [9.17, 15) is 4.79 Å². The number of benzene rings is 1. The summed E-state index contributed by atoms with van der Waals surface area (Å²) in [6.07, 6.45) is 6.03. The van der Waals surface area contributed by atoms with Crippen molar-refractivity contribution in [1.82, 2.24) is 15.3 Å². The first-order valence-electron chi connectivity index (χ1n) is 6.26. The lowest BCUT2D eigenvalue weighted by atomic mass is 10.1. The van der Waals surface area contributed by atoms with Crippen molar-refractivity contribution in [2.45, 2.75) is 13.0 Å². The molecule has 4 heteroatoms. The van der Waals surface area contributed by atoms with Crippen LogP contribution >= 0.6 is 0 Å². The van der Waals surface area contributed by atoms with Crippen LogP contribution in [0.3, 0.4) is 0 Å².